The topological polar surface area (TPSA) is 81.8 Å². The summed E-state index contributed by atoms with van der Waals surface area (Å²) in [7, 11) is 0. The number of carboxylic acid groups (broad SMARTS) is 1. The lowest BCUT2D eigenvalue weighted by Crippen LogP contribution is -1.97. The molecule has 0 radical (unpaired) electrons. The van der Waals surface area contributed by atoms with Gasteiger partial charge in [-0.15, -0.1) is 0 Å². The van der Waals surface area contributed by atoms with Crippen molar-refractivity contribution < 1.29 is 9.90 Å². The molecule has 0 aliphatic heterocycles. The molecule has 0 bridgehead atoms. The third-order valence-electron chi connectivity index (χ3n) is 3.09. The fraction of sp³-hybridized carbons (Fsp3) is 0.0769. The maximum absolute atomic E-state index is 11.2. The summed E-state index contributed by atoms with van der Waals surface area (Å²) < 4.78 is 0. The van der Waals surface area contributed by atoms with Crippen molar-refractivity contribution in [2.75, 3.05) is 0 Å². The molecule has 0 saturated heterocycles. The van der Waals surface area contributed by atoms with Crippen LogP contribution in [0.1, 0.15) is 16.1 Å². The van der Waals surface area contributed by atoms with E-state index >= 15 is 0 Å². The number of nitrogens with one attached hydrogen (secondary N) is 2. The number of benzene rings is 1. The first-order chi connectivity index (χ1) is 9.09. The summed E-state index contributed by atoms with van der Waals surface area (Å²) in [6, 6.07) is 5.51. The number of rotatable bonds is 2. The van der Waals surface area contributed by atoms with Gasteiger partial charge in [0.2, 0.25) is 0 Å². The van der Waals surface area contributed by atoms with Gasteiger partial charge in [0.05, 0.1) is 22.4 Å². The number of hydrogen-bond donors (Lipinski definition) is 3. The predicted molar refractivity (Wildman–Crippen MR) is 72.6 cm³/mol. The monoisotopic (exact) mass is 275 g/mol. The van der Waals surface area contributed by atoms with Crippen LogP contribution in [-0.2, 0) is 0 Å². The maximum Gasteiger partial charge on any atom is 0.339 e. The Hall–Kier alpha value is -2.27. The number of aromatic nitrogens is 3. The minimum atomic E-state index is -1.01. The lowest BCUT2D eigenvalue weighted by atomic mass is 10.0. The number of H-pyrrole nitrogens is 2. The van der Waals surface area contributed by atoms with Crippen molar-refractivity contribution in [1.29, 1.82) is 0 Å². The smallest absolute Gasteiger partial charge is 0.339 e. The summed E-state index contributed by atoms with van der Waals surface area (Å²) >= 11 is 6.13. The van der Waals surface area contributed by atoms with E-state index in [2.05, 4.69) is 15.2 Å². The van der Waals surface area contributed by atoms with Gasteiger partial charge >= 0.3 is 5.97 Å². The van der Waals surface area contributed by atoms with E-state index in [4.69, 9.17) is 11.6 Å². The van der Waals surface area contributed by atoms with Crippen molar-refractivity contribution >= 4 is 28.5 Å². The van der Waals surface area contributed by atoms with Crippen LogP contribution in [0.5, 0.6) is 0 Å². The van der Waals surface area contributed by atoms with Crippen LogP contribution < -0.4 is 0 Å². The minimum Gasteiger partial charge on any atom is -0.478 e. The molecular weight excluding hydrogens is 266 g/mol. The minimum absolute atomic E-state index is 0.143. The van der Waals surface area contributed by atoms with Gasteiger partial charge in [0.15, 0.2) is 0 Å². The molecule has 2 aromatic heterocycles. The quantitative estimate of drug-likeness (QED) is 0.671. The highest BCUT2D eigenvalue weighted by Crippen LogP contribution is 2.35. The Labute approximate surface area is 113 Å². The molecule has 0 aliphatic rings. The van der Waals surface area contributed by atoms with E-state index in [-0.39, 0.29) is 5.56 Å². The van der Waals surface area contributed by atoms with E-state index in [0.29, 0.717) is 10.7 Å². The molecule has 6 heteroatoms. The molecule has 2 heterocycles. The molecule has 96 valence electrons. The molecule has 0 saturated carbocycles. The van der Waals surface area contributed by atoms with Gasteiger partial charge in [0.1, 0.15) is 5.56 Å². The molecule has 5 nitrogen and oxygen atoms in total. The second-order valence-corrected chi connectivity index (χ2v) is 4.66. The van der Waals surface area contributed by atoms with Gasteiger partial charge in [-0.25, -0.2) is 4.79 Å². The first-order valence-electron chi connectivity index (χ1n) is 5.63. The van der Waals surface area contributed by atoms with E-state index in [1.165, 1.54) is 6.20 Å². The number of halogens is 1. The number of aromatic carboxylic acids is 1. The Morgan fingerprint density at radius 1 is 1.42 bits per heavy atom. The lowest BCUT2D eigenvalue weighted by Gasteiger charge is -2.00. The van der Waals surface area contributed by atoms with Crippen LogP contribution in [0.15, 0.2) is 24.4 Å². The molecular formula is C13H10ClN3O2. The highest BCUT2D eigenvalue weighted by molar-refractivity contribution is 6.35. The molecule has 0 spiro atoms. The van der Waals surface area contributed by atoms with Crippen LogP contribution in [0, 0.1) is 6.92 Å². The third kappa shape index (κ3) is 1.70. The number of para-hydroxylation sites is 1. The zero-order chi connectivity index (χ0) is 13.6. The number of fused-ring (bicyclic) bond motifs is 1. The van der Waals surface area contributed by atoms with Crippen molar-refractivity contribution in [3.05, 3.63) is 40.7 Å². The summed E-state index contributed by atoms with van der Waals surface area (Å²) in [5, 5.41) is 17.2. The SMILES string of the molecule is Cc1[nH]c2c(Cl)cccc2c1-c1[nH]ncc1C(=O)O. The highest BCUT2D eigenvalue weighted by Gasteiger charge is 2.20. The van der Waals surface area contributed by atoms with Crippen molar-refractivity contribution in [3.8, 4) is 11.3 Å². The van der Waals surface area contributed by atoms with Crippen molar-refractivity contribution in [2.24, 2.45) is 0 Å². The molecule has 3 N–H and O–H groups in total. The largest absolute Gasteiger partial charge is 0.478 e. The Morgan fingerprint density at radius 2 is 2.21 bits per heavy atom. The predicted octanol–water partition coefficient (Wildman–Crippen LogP) is 3.22. The maximum atomic E-state index is 11.2. The second-order valence-electron chi connectivity index (χ2n) is 4.25. The van der Waals surface area contributed by atoms with Gasteiger partial charge in [0, 0.05) is 16.6 Å². The van der Waals surface area contributed by atoms with E-state index < -0.39 is 5.97 Å². The van der Waals surface area contributed by atoms with Gasteiger partial charge in [0.25, 0.3) is 0 Å². The van der Waals surface area contributed by atoms with Crippen LogP contribution in [-0.4, -0.2) is 26.3 Å². The summed E-state index contributed by atoms with van der Waals surface area (Å²) in [6.45, 7) is 1.87. The van der Waals surface area contributed by atoms with E-state index in [9.17, 15) is 9.90 Å². The fourth-order valence-electron chi connectivity index (χ4n) is 2.27. The van der Waals surface area contributed by atoms with Crippen molar-refractivity contribution in [2.45, 2.75) is 6.92 Å². The second kappa shape index (κ2) is 4.13. The Balaban J connectivity index is 2.37. The first kappa shape index (κ1) is 11.8. The molecule has 0 aliphatic carbocycles. The van der Waals surface area contributed by atoms with Gasteiger partial charge in [-0.1, -0.05) is 23.7 Å². The lowest BCUT2D eigenvalue weighted by molar-refractivity contribution is 0.0698. The molecule has 19 heavy (non-hydrogen) atoms. The molecule has 0 atom stereocenters. The number of aryl methyl sites for hydroxylation is 1. The first-order valence-corrected chi connectivity index (χ1v) is 6.01. The summed E-state index contributed by atoms with van der Waals surface area (Å²) in [4.78, 5) is 14.4. The molecule has 0 fully saturated rings. The Bertz CT molecular complexity index is 788. The normalized spacial score (nSPS) is 11.1. The van der Waals surface area contributed by atoms with Crippen LogP contribution in [0.2, 0.25) is 5.02 Å². The molecule has 3 aromatic rings. The average Bonchev–Trinajstić information content (AvgIpc) is 2.93. The van der Waals surface area contributed by atoms with E-state index in [1.54, 1.807) is 6.07 Å². The summed E-state index contributed by atoms with van der Waals surface area (Å²) in [6.07, 6.45) is 1.31. The molecule has 1 aromatic carbocycles. The zero-order valence-electron chi connectivity index (χ0n) is 9.99. The molecule has 0 amide bonds. The molecule has 0 unspecified atom stereocenters. The highest BCUT2D eigenvalue weighted by atomic mass is 35.5. The van der Waals surface area contributed by atoms with E-state index in [1.807, 2.05) is 19.1 Å². The van der Waals surface area contributed by atoms with Gasteiger partial charge in [-0.2, -0.15) is 5.10 Å². The van der Waals surface area contributed by atoms with Gasteiger partial charge < -0.3 is 10.1 Å². The average molecular weight is 276 g/mol. The van der Waals surface area contributed by atoms with Crippen LogP contribution in [0.4, 0.5) is 0 Å². The van der Waals surface area contributed by atoms with E-state index in [0.717, 1.165) is 22.2 Å². The third-order valence-corrected chi connectivity index (χ3v) is 3.41. The number of nitrogens with zero attached hydrogens (tertiary/aromatic N) is 1. The van der Waals surface area contributed by atoms with Crippen LogP contribution in [0.3, 0.4) is 0 Å². The standard InChI is InChI=1S/C13H10ClN3O2/c1-6-10(12-8(13(18)19)5-15-17-12)7-3-2-4-9(14)11(7)16-6/h2-5,16H,1H3,(H,15,17)(H,18,19). The zero-order valence-corrected chi connectivity index (χ0v) is 10.7. The Morgan fingerprint density at radius 3 is 2.95 bits per heavy atom. The number of carboxylic acids is 1. The number of carbonyl (C=O) groups is 1. The summed E-state index contributed by atoms with van der Waals surface area (Å²) in [5.74, 6) is -1.01. The van der Waals surface area contributed by atoms with Crippen molar-refractivity contribution in [3.63, 3.8) is 0 Å². The number of hydrogen-bond acceptors (Lipinski definition) is 2. The summed E-state index contributed by atoms with van der Waals surface area (Å²) in [5.41, 5.74) is 3.05. The van der Waals surface area contributed by atoms with Gasteiger partial charge in [-0.3, -0.25) is 5.10 Å². The number of aromatic amines is 2. The van der Waals surface area contributed by atoms with Crippen LogP contribution >= 0.6 is 11.6 Å². The fourth-order valence-corrected chi connectivity index (χ4v) is 2.49. The molecule has 3 rings (SSSR count). The van der Waals surface area contributed by atoms with Crippen LogP contribution in [0.25, 0.3) is 22.2 Å². The van der Waals surface area contributed by atoms with Gasteiger partial charge in [-0.05, 0) is 13.0 Å². The van der Waals surface area contributed by atoms with Crippen molar-refractivity contribution in [1.82, 2.24) is 15.2 Å². The Kier molecular flexibility index (Phi) is 2.57.